The van der Waals surface area contributed by atoms with E-state index in [1.54, 1.807) is 6.07 Å². The van der Waals surface area contributed by atoms with Gasteiger partial charge in [0.1, 0.15) is 0 Å². The fraction of sp³-hybridized carbons (Fsp3) is 0.625. The van der Waals surface area contributed by atoms with E-state index in [0.717, 1.165) is 49.9 Å². The quantitative estimate of drug-likeness (QED) is 0.740. The smallest absolute Gasteiger partial charge is 0.446 e. The minimum absolute atomic E-state index is 0.184. The molecule has 1 aliphatic carbocycles. The molecule has 0 amide bonds. The predicted molar refractivity (Wildman–Crippen MR) is 88.3 cm³/mol. The molecule has 1 aliphatic rings. The van der Waals surface area contributed by atoms with Crippen LogP contribution in [0.5, 0.6) is 11.5 Å². The molecule has 130 valence electrons. The maximum atomic E-state index is 10.8. The fourth-order valence-electron chi connectivity index (χ4n) is 3.34. The first kappa shape index (κ1) is 18.0. The van der Waals surface area contributed by atoms with E-state index in [1.165, 1.54) is 6.07 Å². The number of aromatic hydroxyl groups is 1. The highest BCUT2D eigenvalue weighted by atomic mass is 32.3. The van der Waals surface area contributed by atoms with Crippen LogP contribution in [0.25, 0.3) is 0 Å². The number of hydrogen-bond acceptors (Lipinski definition) is 5. The van der Waals surface area contributed by atoms with Crippen LogP contribution in [0.4, 0.5) is 0 Å². The summed E-state index contributed by atoms with van der Waals surface area (Å²) < 4.78 is 34.8. The monoisotopic (exact) mass is 343 g/mol. The third-order valence-electron chi connectivity index (χ3n) is 4.26. The van der Waals surface area contributed by atoms with Gasteiger partial charge < -0.3 is 14.2 Å². The van der Waals surface area contributed by atoms with Gasteiger partial charge in [0.05, 0.1) is 0 Å². The molecule has 0 spiro atoms. The third-order valence-corrected chi connectivity index (χ3v) is 4.65. The van der Waals surface area contributed by atoms with Crippen molar-refractivity contribution in [2.24, 2.45) is 0 Å². The highest BCUT2D eigenvalue weighted by molar-refractivity contribution is 7.81. The van der Waals surface area contributed by atoms with Crippen LogP contribution in [0.3, 0.4) is 0 Å². The molecular weight excluding hydrogens is 318 g/mol. The van der Waals surface area contributed by atoms with Crippen molar-refractivity contribution in [1.29, 1.82) is 0 Å². The number of hydrogen-bond donors (Lipinski definition) is 2. The van der Waals surface area contributed by atoms with E-state index in [4.69, 9.17) is 4.55 Å². The minimum atomic E-state index is -4.63. The van der Waals surface area contributed by atoms with Crippen molar-refractivity contribution in [3.63, 3.8) is 0 Å². The molecule has 1 aromatic carbocycles. The molecule has 2 rings (SSSR count). The van der Waals surface area contributed by atoms with Gasteiger partial charge in [0, 0.05) is 11.6 Å². The molecule has 0 bridgehead atoms. The summed E-state index contributed by atoms with van der Waals surface area (Å²) >= 11 is 0. The summed E-state index contributed by atoms with van der Waals surface area (Å²) in [6.07, 6.45) is 4.62. The van der Waals surface area contributed by atoms with E-state index in [-0.39, 0.29) is 11.5 Å². The van der Waals surface area contributed by atoms with Crippen LogP contribution in [0, 0.1) is 0 Å². The van der Waals surface area contributed by atoms with Crippen LogP contribution in [-0.2, 0) is 23.2 Å². The van der Waals surface area contributed by atoms with Gasteiger partial charge in [0.25, 0.3) is 0 Å². The number of phenolic OH excluding ortho intramolecular Hbond substituents is 1. The van der Waals surface area contributed by atoms with Crippen molar-refractivity contribution < 1.29 is 22.3 Å². The molecule has 1 aromatic rings. The molecule has 23 heavy (non-hydrogen) atoms. The topological polar surface area (TPSA) is 87.1 Å². The van der Waals surface area contributed by atoms with Gasteiger partial charge in [-0.05, 0) is 56.8 Å². The molecule has 0 radical (unpaired) electrons. The van der Waals surface area contributed by atoms with Gasteiger partial charge in [0.15, 0.2) is 11.5 Å². The highest BCUT2D eigenvalue weighted by Gasteiger charge is 2.27. The lowest BCUT2D eigenvalue weighted by molar-refractivity contribution is 0.179. The Morgan fingerprint density at radius 3 is 2.48 bits per heavy atom. The zero-order valence-corrected chi connectivity index (χ0v) is 14.5. The molecule has 1 atom stereocenters. The van der Waals surface area contributed by atoms with Crippen LogP contribution >= 0.6 is 0 Å². The Balaban J connectivity index is 2.20. The Bertz CT molecular complexity index is 638. The number of rotatable bonds is 7. The van der Waals surface area contributed by atoms with E-state index >= 15 is 0 Å². The first-order chi connectivity index (χ1) is 10.9. The van der Waals surface area contributed by atoms with Gasteiger partial charge in [-0.2, -0.15) is 8.42 Å². The summed E-state index contributed by atoms with van der Waals surface area (Å²) in [6.45, 7) is 6.46. The zero-order valence-electron chi connectivity index (χ0n) is 13.7. The van der Waals surface area contributed by atoms with E-state index in [2.05, 4.69) is 22.9 Å². The van der Waals surface area contributed by atoms with Gasteiger partial charge in [-0.3, -0.25) is 4.55 Å². The summed E-state index contributed by atoms with van der Waals surface area (Å²) in [5, 5.41) is 10.2. The molecule has 0 heterocycles. The number of benzene rings is 1. The number of phenols is 1. The van der Waals surface area contributed by atoms with E-state index in [1.807, 2.05) is 0 Å². The summed E-state index contributed by atoms with van der Waals surface area (Å²) in [4.78, 5) is 2.49. The second-order valence-corrected chi connectivity index (χ2v) is 7.02. The van der Waals surface area contributed by atoms with Gasteiger partial charge in [-0.15, -0.1) is 0 Å². The molecule has 0 aliphatic heterocycles. The van der Waals surface area contributed by atoms with Crippen LogP contribution in [-0.4, -0.2) is 42.1 Å². The first-order valence-electron chi connectivity index (χ1n) is 8.10. The lowest BCUT2D eigenvalue weighted by atomic mass is 9.86. The zero-order chi connectivity index (χ0) is 17.0. The van der Waals surface area contributed by atoms with Gasteiger partial charge in [-0.25, -0.2) is 0 Å². The molecule has 0 saturated heterocycles. The summed E-state index contributed by atoms with van der Waals surface area (Å²) in [5.41, 5.74) is 1.73. The lowest BCUT2D eigenvalue weighted by Gasteiger charge is -2.35. The van der Waals surface area contributed by atoms with Crippen LogP contribution < -0.4 is 4.18 Å². The molecule has 2 N–H and O–H groups in total. The maximum absolute atomic E-state index is 10.8. The fourth-order valence-corrected chi connectivity index (χ4v) is 3.70. The second-order valence-electron chi connectivity index (χ2n) is 5.99. The number of nitrogens with zero attached hydrogens (tertiary/aromatic N) is 1. The Morgan fingerprint density at radius 2 is 1.91 bits per heavy atom. The predicted octanol–water partition coefficient (Wildman–Crippen LogP) is 2.55. The maximum Gasteiger partial charge on any atom is 0.446 e. The summed E-state index contributed by atoms with van der Waals surface area (Å²) in [6, 6.07) is 3.61. The minimum Gasteiger partial charge on any atom is -0.504 e. The van der Waals surface area contributed by atoms with Gasteiger partial charge in [0.2, 0.25) is 0 Å². The Hall–Kier alpha value is -1.31. The van der Waals surface area contributed by atoms with Crippen molar-refractivity contribution in [2.45, 2.75) is 52.0 Å². The van der Waals surface area contributed by atoms with Crippen molar-refractivity contribution >= 4 is 10.4 Å². The largest absolute Gasteiger partial charge is 0.504 e. The van der Waals surface area contributed by atoms with Crippen LogP contribution in [0.15, 0.2) is 12.1 Å². The average Bonchev–Trinajstić information content (AvgIpc) is 2.48. The molecule has 0 saturated carbocycles. The number of fused-ring (bicyclic) bond motifs is 1. The van der Waals surface area contributed by atoms with E-state index < -0.39 is 10.4 Å². The van der Waals surface area contributed by atoms with Crippen molar-refractivity contribution in [2.75, 3.05) is 13.1 Å². The van der Waals surface area contributed by atoms with Gasteiger partial charge >= 0.3 is 10.4 Å². The average molecular weight is 343 g/mol. The first-order valence-corrected chi connectivity index (χ1v) is 9.46. The second kappa shape index (κ2) is 7.51. The van der Waals surface area contributed by atoms with Gasteiger partial charge in [-0.1, -0.05) is 19.9 Å². The summed E-state index contributed by atoms with van der Waals surface area (Å²) in [5.74, 6) is -0.403. The normalized spacial score (nSPS) is 18.0. The van der Waals surface area contributed by atoms with Crippen LogP contribution in [0.1, 0.15) is 44.2 Å². The molecule has 0 fully saturated rings. The molecule has 6 nitrogen and oxygen atoms in total. The molecule has 1 unspecified atom stereocenters. The Morgan fingerprint density at radius 1 is 1.26 bits per heavy atom. The third kappa shape index (κ3) is 4.59. The Labute approximate surface area is 138 Å². The van der Waals surface area contributed by atoms with Crippen molar-refractivity contribution in [3.05, 3.63) is 23.3 Å². The highest BCUT2D eigenvalue weighted by Crippen LogP contribution is 2.38. The van der Waals surface area contributed by atoms with E-state index in [0.29, 0.717) is 12.5 Å². The van der Waals surface area contributed by atoms with Crippen LogP contribution in [0.2, 0.25) is 0 Å². The standard InChI is InChI=1S/C16H25NO5S/c1-3-9-17(10-4-2)13-6-7-14-12(11-13)5-8-15(16(14)18)22-23(19,20)21/h5,8,13,18H,3-4,6-7,9-11H2,1-2H3,(H,19,20,21). The Kier molecular flexibility index (Phi) is 5.89. The van der Waals surface area contributed by atoms with E-state index in [9.17, 15) is 13.5 Å². The molecule has 0 aromatic heterocycles. The molecular formula is C16H25NO5S. The molecule has 7 heteroatoms. The van der Waals surface area contributed by atoms with Crippen molar-refractivity contribution in [3.8, 4) is 11.5 Å². The SMILES string of the molecule is CCCN(CCC)C1CCc2c(ccc(OS(=O)(=O)O)c2O)C1. The lowest BCUT2D eigenvalue weighted by Crippen LogP contribution is -2.40. The summed E-state index contributed by atoms with van der Waals surface area (Å²) in [7, 11) is -4.63. The van der Waals surface area contributed by atoms with Crippen molar-refractivity contribution in [1.82, 2.24) is 4.90 Å².